The maximum absolute atomic E-state index is 13.4. The Bertz CT molecular complexity index is 461. The van der Waals surface area contributed by atoms with Crippen LogP contribution in [0.15, 0.2) is 12.1 Å². The highest BCUT2D eigenvalue weighted by atomic mass is 35.5. The van der Waals surface area contributed by atoms with Gasteiger partial charge in [-0.1, -0.05) is 31.5 Å². The standard InChI is InChI=1S/C15H22ClFN2O/c1-10(2)9-13(19-7-5-18-6-8-19)11-3-4-12(17)14(16)15(11)20/h3-4,10,13,18,20H,5-9H2,1-2H3/t13-/m1/s1. The van der Waals surface area contributed by atoms with Gasteiger partial charge in [-0.25, -0.2) is 4.39 Å². The van der Waals surface area contributed by atoms with E-state index >= 15 is 0 Å². The van der Waals surface area contributed by atoms with Gasteiger partial charge in [0, 0.05) is 37.8 Å². The molecule has 1 heterocycles. The Balaban J connectivity index is 2.32. The minimum atomic E-state index is -0.573. The van der Waals surface area contributed by atoms with E-state index in [4.69, 9.17) is 11.6 Å². The van der Waals surface area contributed by atoms with E-state index in [1.165, 1.54) is 6.07 Å². The number of hydrogen-bond donors (Lipinski definition) is 2. The number of benzene rings is 1. The van der Waals surface area contributed by atoms with Crippen LogP contribution in [0.4, 0.5) is 4.39 Å². The molecule has 1 saturated heterocycles. The quantitative estimate of drug-likeness (QED) is 0.896. The maximum atomic E-state index is 13.4. The summed E-state index contributed by atoms with van der Waals surface area (Å²) in [5, 5.41) is 13.3. The Morgan fingerprint density at radius 3 is 2.60 bits per heavy atom. The fourth-order valence-corrected chi connectivity index (χ4v) is 2.91. The third kappa shape index (κ3) is 3.43. The van der Waals surface area contributed by atoms with Crippen molar-refractivity contribution in [1.82, 2.24) is 10.2 Å². The molecule has 1 fully saturated rings. The smallest absolute Gasteiger partial charge is 0.145 e. The summed E-state index contributed by atoms with van der Waals surface area (Å²) in [6.07, 6.45) is 0.912. The van der Waals surface area contributed by atoms with Crippen molar-refractivity contribution < 1.29 is 9.50 Å². The number of aromatic hydroxyl groups is 1. The summed E-state index contributed by atoms with van der Waals surface area (Å²) in [7, 11) is 0. The number of piperazine rings is 1. The Hall–Kier alpha value is -0.840. The molecule has 0 unspecified atom stereocenters. The molecule has 2 rings (SSSR count). The topological polar surface area (TPSA) is 35.5 Å². The molecule has 0 amide bonds. The molecule has 0 aliphatic carbocycles. The van der Waals surface area contributed by atoms with Crippen molar-refractivity contribution in [2.75, 3.05) is 26.2 Å². The van der Waals surface area contributed by atoms with Crippen molar-refractivity contribution in [2.24, 2.45) is 5.92 Å². The highest BCUT2D eigenvalue weighted by Gasteiger charge is 2.26. The van der Waals surface area contributed by atoms with Crippen LogP contribution < -0.4 is 5.32 Å². The van der Waals surface area contributed by atoms with Gasteiger partial charge < -0.3 is 10.4 Å². The van der Waals surface area contributed by atoms with Crippen LogP contribution in [0, 0.1) is 11.7 Å². The molecule has 112 valence electrons. The molecular weight excluding hydrogens is 279 g/mol. The molecule has 1 aliphatic heterocycles. The number of nitrogens with zero attached hydrogens (tertiary/aromatic N) is 1. The van der Waals surface area contributed by atoms with Gasteiger partial charge in [0.25, 0.3) is 0 Å². The highest BCUT2D eigenvalue weighted by molar-refractivity contribution is 6.32. The minimum absolute atomic E-state index is 0.0789. The monoisotopic (exact) mass is 300 g/mol. The summed E-state index contributed by atoms with van der Waals surface area (Å²) < 4.78 is 13.4. The van der Waals surface area contributed by atoms with E-state index < -0.39 is 5.82 Å². The number of halogens is 2. The third-order valence-corrected chi connectivity index (χ3v) is 4.11. The van der Waals surface area contributed by atoms with Gasteiger partial charge in [-0.3, -0.25) is 4.90 Å². The van der Waals surface area contributed by atoms with Gasteiger partial charge in [0.2, 0.25) is 0 Å². The first-order chi connectivity index (χ1) is 9.50. The van der Waals surface area contributed by atoms with Gasteiger partial charge in [-0.15, -0.1) is 0 Å². The predicted molar refractivity (Wildman–Crippen MR) is 79.7 cm³/mol. The molecule has 3 nitrogen and oxygen atoms in total. The molecule has 0 saturated carbocycles. The molecule has 0 radical (unpaired) electrons. The number of phenolic OH excluding ortho intramolecular Hbond substituents is 1. The first-order valence-electron chi connectivity index (χ1n) is 7.12. The SMILES string of the molecule is CC(C)C[C@H](c1ccc(F)c(Cl)c1O)N1CCNCC1. The molecule has 0 bridgehead atoms. The largest absolute Gasteiger partial charge is 0.506 e. The van der Waals surface area contributed by atoms with Crippen LogP contribution in [-0.2, 0) is 0 Å². The summed E-state index contributed by atoms with van der Waals surface area (Å²) >= 11 is 5.85. The van der Waals surface area contributed by atoms with E-state index in [1.807, 2.05) is 0 Å². The van der Waals surface area contributed by atoms with E-state index in [1.54, 1.807) is 6.07 Å². The molecule has 2 N–H and O–H groups in total. The highest BCUT2D eigenvalue weighted by Crippen LogP contribution is 2.38. The zero-order valence-electron chi connectivity index (χ0n) is 12.0. The zero-order valence-corrected chi connectivity index (χ0v) is 12.8. The molecule has 1 aromatic rings. The van der Waals surface area contributed by atoms with Crippen LogP contribution in [-0.4, -0.2) is 36.2 Å². The van der Waals surface area contributed by atoms with Crippen LogP contribution in [0.3, 0.4) is 0 Å². The average molecular weight is 301 g/mol. The van der Waals surface area contributed by atoms with Crippen molar-refractivity contribution in [2.45, 2.75) is 26.3 Å². The lowest BCUT2D eigenvalue weighted by Crippen LogP contribution is -2.45. The van der Waals surface area contributed by atoms with E-state index in [0.717, 1.165) is 38.2 Å². The molecule has 1 aromatic carbocycles. The van der Waals surface area contributed by atoms with Crippen molar-refractivity contribution in [3.63, 3.8) is 0 Å². The third-order valence-electron chi connectivity index (χ3n) is 3.75. The number of hydrogen-bond acceptors (Lipinski definition) is 3. The number of phenols is 1. The minimum Gasteiger partial charge on any atom is -0.506 e. The lowest BCUT2D eigenvalue weighted by Gasteiger charge is -2.36. The van der Waals surface area contributed by atoms with Gasteiger partial charge in [0.05, 0.1) is 0 Å². The second-order valence-corrected chi connectivity index (χ2v) is 6.11. The normalized spacial score (nSPS) is 18.4. The van der Waals surface area contributed by atoms with Crippen LogP contribution >= 0.6 is 11.6 Å². The van der Waals surface area contributed by atoms with Crippen molar-refractivity contribution >= 4 is 11.6 Å². The zero-order chi connectivity index (χ0) is 14.7. The molecule has 20 heavy (non-hydrogen) atoms. The van der Waals surface area contributed by atoms with E-state index in [-0.39, 0.29) is 16.8 Å². The summed E-state index contributed by atoms with van der Waals surface area (Å²) in [5.41, 5.74) is 0.729. The number of rotatable bonds is 4. The second kappa shape index (κ2) is 6.74. The Morgan fingerprint density at radius 1 is 1.35 bits per heavy atom. The van der Waals surface area contributed by atoms with Gasteiger partial charge >= 0.3 is 0 Å². The molecule has 0 spiro atoms. The summed E-state index contributed by atoms with van der Waals surface area (Å²) in [6, 6.07) is 3.08. The maximum Gasteiger partial charge on any atom is 0.145 e. The van der Waals surface area contributed by atoms with Crippen LogP contribution in [0.2, 0.25) is 5.02 Å². The lowest BCUT2D eigenvalue weighted by molar-refractivity contribution is 0.151. The summed E-state index contributed by atoms with van der Waals surface area (Å²) in [6.45, 7) is 8.01. The predicted octanol–water partition coefficient (Wildman–Crippen LogP) is 3.18. The Morgan fingerprint density at radius 2 is 2.00 bits per heavy atom. The molecule has 5 heteroatoms. The van der Waals surface area contributed by atoms with E-state index in [0.29, 0.717) is 5.92 Å². The average Bonchev–Trinajstić information content (AvgIpc) is 2.44. The van der Waals surface area contributed by atoms with Crippen LogP contribution in [0.1, 0.15) is 31.9 Å². The first-order valence-corrected chi connectivity index (χ1v) is 7.50. The Labute approximate surface area is 124 Å². The van der Waals surface area contributed by atoms with Crippen molar-refractivity contribution in [3.8, 4) is 5.75 Å². The molecule has 1 atom stereocenters. The summed E-state index contributed by atoms with van der Waals surface area (Å²) in [5.74, 6) is -0.203. The number of nitrogens with one attached hydrogen (secondary N) is 1. The molecular formula is C15H22ClFN2O. The van der Waals surface area contributed by atoms with Gasteiger partial charge in [0.1, 0.15) is 16.6 Å². The first kappa shape index (κ1) is 15.5. The molecule has 1 aliphatic rings. The fourth-order valence-electron chi connectivity index (χ4n) is 2.74. The van der Waals surface area contributed by atoms with Crippen molar-refractivity contribution in [1.29, 1.82) is 0 Å². The van der Waals surface area contributed by atoms with Crippen molar-refractivity contribution in [3.05, 3.63) is 28.5 Å². The van der Waals surface area contributed by atoms with Crippen LogP contribution in [0.5, 0.6) is 5.75 Å². The van der Waals surface area contributed by atoms with E-state index in [9.17, 15) is 9.50 Å². The van der Waals surface area contributed by atoms with Gasteiger partial charge in [0.15, 0.2) is 0 Å². The second-order valence-electron chi connectivity index (χ2n) is 5.73. The van der Waals surface area contributed by atoms with Gasteiger partial charge in [-0.05, 0) is 18.4 Å². The summed E-state index contributed by atoms with van der Waals surface area (Å²) in [4.78, 5) is 2.33. The fraction of sp³-hybridized carbons (Fsp3) is 0.600. The van der Waals surface area contributed by atoms with E-state index in [2.05, 4.69) is 24.1 Å². The van der Waals surface area contributed by atoms with Crippen LogP contribution in [0.25, 0.3) is 0 Å². The molecule has 0 aromatic heterocycles. The Kier molecular flexibility index (Phi) is 5.24. The van der Waals surface area contributed by atoms with Gasteiger partial charge in [-0.2, -0.15) is 0 Å². The lowest BCUT2D eigenvalue weighted by atomic mass is 9.94.